The van der Waals surface area contributed by atoms with E-state index < -0.39 is 12.1 Å². The van der Waals surface area contributed by atoms with Crippen molar-refractivity contribution in [3.8, 4) is 17.2 Å². The molecular weight excluding hydrogens is 480 g/mol. The number of carbonyl (C=O) groups excluding carboxylic acids is 1. The van der Waals surface area contributed by atoms with Crippen molar-refractivity contribution in [3.63, 3.8) is 0 Å². The molecule has 1 heterocycles. The summed E-state index contributed by atoms with van der Waals surface area (Å²) in [7, 11) is 1.61. The Morgan fingerprint density at radius 3 is 2.45 bits per heavy atom. The van der Waals surface area contributed by atoms with Crippen LogP contribution in [0.2, 0.25) is 0 Å². The molecule has 194 valence electrons. The zero-order chi connectivity index (χ0) is 26.3. The van der Waals surface area contributed by atoms with Crippen molar-refractivity contribution in [2.75, 3.05) is 26.8 Å². The molecule has 0 fully saturated rings. The molecule has 7 nitrogen and oxygen atoms in total. The second-order valence-corrected chi connectivity index (χ2v) is 8.99. The topological polar surface area (TPSA) is 92.8 Å². The molecule has 0 amide bonds. The van der Waals surface area contributed by atoms with Gasteiger partial charge in [0.2, 0.25) is 0 Å². The van der Waals surface area contributed by atoms with Gasteiger partial charge in [0, 0.05) is 41.3 Å². The molecule has 0 aliphatic carbocycles. The highest BCUT2D eigenvalue weighted by Crippen LogP contribution is 2.29. The highest BCUT2D eigenvalue weighted by molar-refractivity contribution is 6.08. The molecule has 38 heavy (non-hydrogen) atoms. The van der Waals surface area contributed by atoms with Crippen molar-refractivity contribution < 1.29 is 24.1 Å². The Kier molecular flexibility index (Phi) is 7.75. The first kappa shape index (κ1) is 25.2. The van der Waals surface area contributed by atoms with Gasteiger partial charge >= 0.3 is 5.97 Å². The Bertz CT molecular complexity index is 1530. The van der Waals surface area contributed by atoms with Gasteiger partial charge in [-0.3, -0.25) is 0 Å². The summed E-state index contributed by atoms with van der Waals surface area (Å²) < 4.78 is 17.1. The van der Waals surface area contributed by atoms with Gasteiger partial charge in [-0.2, -0.15) is 0 Å². The van der Waals surface area contributed by atoms with Crippen molar-refractivity contribution in [2.45, 2.75) is 12.5 Å². The predicted octanol–water partition coefficient (Wildman–Crippen LogP) is 5.47. The summed E-state index contributed by atoms with van der Waals surface area (Å²) in [6.07, 6.45) is 0.0912. The van der Waals surface area contributed by atoms with Crippen LogP contribution in [0.25, 0.3) is 21.8 Å². The molecule has 5 rings (SSSR count). The molecule has 0 spiro atoms. The summed E-state index contributed by atoms with van der Waals surface area (Å²) in [6.45, 7) is 1.42. The Hall–Kier alpha value is -4.49. The van der Waals surface area contributed by atoms with Gasteiger partial charge in [0.15, 0.2) is 11.5 Å². The molecule has 0 saturated carbocycles. The fourth-order valence-electron chi connectivity index (χ4n) is 4.56. The van der Waals surface area contributed by atoms with Crippen LogP contribution in [0.15, 0.2) is 91.0 Å². The maximum atomic E-state index is 12.9. The van der Waals surface area contributed by atoms with Crippen molar-refractivity contribution >= 4 is 27.8 Å². The van der Waals surface area contributed by atoms with E-state index in [0.29, 0.717) is 43.2 Å². The molecule has 0 radical (unpaired) electrons. The van der Waals surface area contributed by atoms with E-state index in [1.807, 2.05) is 42.5 Å². The van der Waals surface area contributed by atoms with E-state index in [1.54, 1.807) is 19.2 Å². The first-order valence-electron chi connectivity index (χ1n) is 12.6. The van der Waals surface area contributed by atoms with Crippen LogP contribution in [0.3, 0.4) is 0 Å². The van der Waals surface area contributed by atoms with E-state index >= 15 is 0 Å². The summed E-state index contributed by atoms with van der Waals surface area (Å²) in [5.74, 6) is 1.02. The van der Waals surface area contributed by atoms with E-state index in [0.717, 1.165) is 27.4 Å². The van der Waals surface area contributed by atoms with Crippen LogP contribution >= 0.6 is 0 Å². The Morgan fingerprint density at radius 1 is 0.895 bits per heavy atom. The first-order chi connectivity index (χ1) is 18.6. The second-order valence-electron chi connectivity index (χ2n) is 8.99. The number of fused-ring (bicyclic) bond motifs is 3. The third-order valence-electron chi connectivity index (χ3n) is 6.43. The number of aromatic hydroxyl groups is 1. The highest BCUT2D eigenvalue weighted by Gasteiger charge is 2.19. The molecule has 0 aliphatic heterocycles. The van der Waals surface area contributed by atoms with E-state index in [2.05, 4.69) is 34.6 Å². The molecule has 1 atom stereocenters. The molecule has 0 saturated heterocycles. The maximum absolute atomic E-state index is 12.9. The lowest BCUT2D eigenvalue weighted by Gasteiger charge is -2.20. The largest absolute Gasteiger partial charge is 0.508 e. The highest BCUT2D eigenvalue weighted by atomic mass is 16.5. The zero-order valence-electron chi connectivity index (χ0n) is 21.1. The van der Waals surface area contributed by atoms with Crippen LogP contribution in [0, 0.1) is 0 Å². The number of aromatic nitrogens is 1. The number of hydrogen-bond acceptors (Lipinski definition) is 6. The van der Waals surface area contributed by atoms with Gasteiger partial charge < -0.3 is 29.6 Å². The summed E-state index contributed by atoms with van der Waals surface area (Å²) >= 11 is 0. The first-order valence-corrected chi connectivity index (χ1v) is 12.6. The Morgan fingerprint density at radius 2 is 1.63 bits per heavy atom. The quantitative estimate of drug-likeness (QED) is 0.161. The van der Waals surface area contributed by atoms with Crippen molar-refractivity contribution in [1.82, 2.24) is 10.3 Å². The molecule has 3 N–H and O–H groups in total. The van der Waals surface area contributed by atoms with Crippen LogP contribution in [-0.2, 0) is 11.2 Å². The minimum absolute atomic E-state index is 0.0975. The zero-order valence-corrected chi connectivity index (χ0v) is 21.1. The van der Waals surface area contributed by atoms with E-state index in [4.69, 9.17) is 14.2 Å². The summed E-state index contributed by atoms with van der Waals surface area (Å²) in [6, 6.07) is 28.0. The number of benzene rings is 4. The van der Waals surface area contributed by atoms with Gasteiger partial charge in [-0.25, -0.2) is 4.79 Å². The normalized spacial score (nSPS) is 11.9. The molecule has 1 aromatic heterocycles. The third-order valence-corrected chi connectivity index (χ3v) is 6.43. The number of rotatable bonds is 11. The molecule has 0 aliphatic rings. The predicted molar refractivity (Wildman–Crippen MR) is 148 cm³/mol. The number of methoxy groups -OCH3 is 1. The summed E-state index contributed by atoms with van der Waals surface area (Å²) in [4.78, 5) is 16.5. The molecular formula is C31H30N2O5. The third kappa shape index (κ3) is 5.74. The molecule has 5 aromatic rings. The smallest absolute Gasteiger partial charge is 0.338 e. The Balaban J connectivity index is 1.30. The lowest BCUT2D eigenvalue weighted by atomic mass is 10.0. The standard InChI is InChI=1S/C31H30N2O5/c1-36-28-11-4-5-12-29(28)37-18-17-32-20-24(38-31(35)21-13-15-23(34)16-14-21)19-22-7-6-9-26-25-8-2-3-10-27(25)33-30(22)26/h2-16,24,32-34H,17-20H2,1H3. The molecule has 0 bridgehead atoms. The lowest BCUT2D eigenvalue weighted by Crippen LogP contribution is -2.35. The van der Waals surface area contributed by atoms with Gasteiger partial charge in [0.25, 0.3) is 0 Å². The Labute approximate surface area is 221 Å². The van der Waals surface area contributed by atoms with E-state index in [1.165, 1.54) is 12.1 Å². The number of hydrogen-bond donors (Lipinski definition) is 3. The summed E-state index contributed by atoms with van der Waals surface area (Å²) in [5.41, 5.74) is 3.56. The monoisotopic (exact) mass is 510 g/mol. The number of phenolic OH excluding ortho intramolecular Hbond substituents is 1. The van der Waals surface area contributed by atoms with E-state index in [9.17, 15) is 9.90 Å². The van der Waals surface area contributed by atoms with Gasteiger partial charge in [-0.1, -0.05) is 48.5 Å². The number of para-hydroxylation sites is 4. The number of aromatic amines is 1. The minimum atomic E-state index is -0.439. The SMILES string of the molecule is COc1ccccc1OCCNCC(Cc1cccc2c1[nH]c1ccccc12)OC(=O)c1ccc(O)cc1. The van der Waals surface area contributed by atoms with Gasteiger partial charge in [0.1, 0.15) is 18.5 Å². The number of carbonyl (C=O) groups is 1. The van der Waals surface area contributed by atoms with Crippen molar-refractivity contribution in [3.05, 3.63) is 102 Å². The molecule has 4 aromatic carbocycles. The number of phenols is 1. The number of ether oxygens (including phenoxy) is 3. The van der Waals surface area contributed by atoms with Gasteiger partial charge in [-0.15, -0.1) is 0 Å². The van der Waals surface area contributed by atoms with Gasteiger partial charge in [-0.05, 0) is 48.0 Å². The number of H-pyrrole nitrogens is 1. The second kappa shape index (κ2) is 11.7. The maximum Gasteiger partial charge on any atom is 0.338 e. The van der Waals surface area contributed by atoms with Crippen LogP contribution in [0.4, 0.5) is 0 Å². The summed E-state index contributed by atoms with van der Waals surface area (Å²) in [5, 5.41) is 15.2. The lowest BCUT2D eigenvalue weighted by molar-refractivity contribution is 0.0302. The number of esters is 1. The van der Waals surface area contributed by atoms with Crippen LogP contribution in [0.5, 0.6) is 17.2 Å². The van der Waals surface area contributed by atoms with Crippen molar-refractivity contribution in [2.24, 2.45) is 0 Å². The average Bonchev–Trinajstić information content (AvgIpc) is 3.33. The fourth-order valence-corrected chi connectivity index (χ4v) is 4.56. The molecule has 1 unspecified atom stereocenters. The van der Waals surface area contributed by atoms with Crippen molar-refractivity contribution in [1.29, 1.82) is 0 Å². The van der Waals surface area contributed by atoms with Crippen LogP contribution < -0.4 is 14.8 Å². The molecule has 7 heteroatoms. The minimum Gasteiger partial charge on any atom is -0.508 e. The fraction of sp³-hybridized carbons (Fsp3) is 0.194. The van der Waals surface area contributed by atoms with Crippen LogP contribution in [0.1, 0.15) is 15.9 Å². The number of nitrogens with one attached hydrogen (secondary N) is 2. The van der Waals surface area contributed by atoms with E-state index in [-0.39, 0.29) is 5.75 Å². The average molecular weight is 511 g/mol. The van der Waals surface area contributed by atoms with Crippen LogP contribution in [-0.4, -0.2) is 49.0 Å². The van der Waals surface area contributed by atoms with Gasteiger partial charge in [0.05, 0.1) is 12.7 Å².